The lowest BCUT2D eigenvalue weighted by molar-refractivity contribution is -0.274. The molecular weight excluding hydrogens is 455 g/mol. The van der Waals surface area contributed by atoms with Crippen molar-refractivity contribution in [2.45, 2.75) is 28.7 Å². The number of aliphatic hydroxyl groups excluding tert-OH is 1. The fourth-order valence-electron chi connectivity index (χ4n) is 3.06. The fourth-order valence-corrected chi connectivity index (χ4v) is 4.30. The number of nitrogens with one attached hydrogen (secondary N) is 1. The number of pyridine rings is 1. The zero-order chi connectivity index (χ0) is 23.5. The van der Waals surface area contributed by atoms with E-state index in [9.17, 15) is 31.5 Å². The van der Waals surface area contributed by atoms with Crippen LogP contribution in [-0.4, -0.2) is 56.6 Å². The van der Waals surface area contributed by atoms with Crippen LogP contribution in [0.4, 0.5) is 18.9 Å². The van der Waals surface area contributed by atoms with Gasteiger partial charge in [0.15, 0.2) is 5.69 Å². The summed E-state index contributed by atoms with van der Waals surface area (Å²) in [5.74, 6) is -1.37. The molecule has 2 unspecified atom stereocenters. The third-order valence-electron chi connectivity index (χ3n) is 4.77. The maximum atomic E-state index is 12.7. The standard InChI is InChI=1S/C19H20F3N3O6S/c20-19(21,22)31-12-1-3-13(4-2-12)32(28,29)14-7-15(23)17(24-8-14)18(27)25-9-16(26)11-5-6-30-10-11/h1-4,7-8,11,16,26H,5-6,9-10,23H2,(H,25,27). The lowest BCUT2D eigenvalue weighted by Gasteiger charge is -2.17. The fraction of sp³-hybridized carbons (Fsp3) is 0.368. The monoisotopic (exact) mass is 475 g/mol. The molecule has 1 aromatic carbocycles. The molecule has 0 aliphatic carbocycles. The van der Waals surface area contributed by atoms with Crippen molar-refractivity contribution in [2.24, 2.45) is 5.92 Å². The third-order valence-corrected chi connectivity index (χ3v) is 6.50. The maximum Gasteiger partial charge on any atom is 0.573 e. The molecule has 1 aliphatic heterocycles. The Morgan fingerprint density at radius 2 is 2.00 bits per heavy atom. The van der Waals surface area contributed by atoms with E-state index in [1.807, 2.05) is 0 Å². The lowest BCUT2D eigenvalue weighted by atomic mass is 10.0. The summed E-state index contributed by atoms with van der Waals surface area (Å²) in [6.07, 6.45) is -4.13. The average Bonchev–Trinajstić information content (AvgIpc) is 3.26. The third kappa shape index (κ3) is 5.66. The van der Waals surface area contributed by atoms with E-state index in [1.54, 1.807) is 0 Å². The van der Waals surface area contributed by atoms with Crippen LogP contribution in [0.15, 0.2) is 46.3 Å². The predicted octanol–water partition coefficient (Wildman–Crippen LogP) is 1.52. The highest BCUT2D eigenvalue weighted by Crippen LogP contribution is 2.27. The van der Waals surface area contributed by atoms with Gasteiger partial charge in [0.1, 0.15) is 5.75 Å². The summed E-state index contributed by atoms with van der Waals surface area (Å²) in [7, 11) is -4.17. The van der Waals surface area contributed by atoms with Gasteiger partial charge in [0, 0.05) is 25.3 Å². The molecule has 0 bridgehead atoms. The second-order valence-electron chi connectivity index (χ2n) is 7.03. The molecule has 0 spiro atoms. The minimum atomic E-state index is -4.91. The Morgan fingerprint density at radius 3 is 2.56 bits per heavy atom. The van der Waals surface area contributed by atoms with E-state index in [0.29, 0.717) is 19.6 Å². The number of nitrogen functional groups attached to an aromatic ring is 1. The van der Waals surface area contributed by atoms with Crippen molar-refractivity contribution < 1.29 is 41.0 Å². The summed E-state index contributed by atoms with van der Waals surface area (Å²) >= 11 is 0. The summed E-state index contributed by atoms with van der Waals surface area (Å²) in [6.45, 7) is 0.881. The minimum Gasteiger partial charge on any atom is -0.406 e. The van der Waals surface area contributed by atoms with Crippen LogP contribution in [0.25, 0.3) is 0 Å². The van der Waals surface area contributed by atoms with Gasteiger partial charge in [-0.15, -0.1) is 13.2 Å². The number of sulfone groups is 1. The predicted molar refractivity (Wildman–Crippen MR) is 104 cm³/mol. The van der Waals surface area contributed by atoms with Gasteiger partial charge in [0.2, 0.25) is 9.84 Å². The molecule has 9 nitrogen and oxygen atoms in total. The van der Waals surface area contributed by atoms with Gasteiger partial charge in [-0.3, -0.25) is 4.79 Å². The van der Waals surface area contributed by atoms with Gasteiger partial charge in [-0.25, -0.2) is 13.4 Å². The van der Waals surface area contributed by atoms with Crippen LogP contribution in [-0.2, 0) is 14.6 Å². The van der Waals surface area contributed by atoms with E-state index >= 15 is 0 Å². The first-order valence-corrected chi connectivity index (χ1v) is 10.9. The molecule has 1 aliphatic rings. The van der Waals surface area contributed by atoms with Gasteiger partial charge < -0.3 is 25.6 Å². The molecule has 32 heavy (non-hydrogen) atoms. The highest BCUT2D eigenvalue weighted by molar-refractivity contribution is 7.91. The number of ether oxygens (including phenoxy) is 2. The molecule has 1 saturated heterocycles. The molecule has 1 amide bonds. The number of hydrogen-bond acceptors (Lipinski definition) is 8. The molecule has 2 aromatic rings. The van der Waals surface area contributed by atoms with E-state index in [0.717, 1.165) is 36.5 Å². The Bertz CT molecular complexity index is 1070. The van der Waals surface area contributed by atoms with E-state index in [-0.39, 0.29) is 33.6 Å². The average molecular weight is 475 g/mol. The van der Waals surface area contributed by atoms with Crippen molar-refractivity contribution >= 4 is 21.4 Å². The molecule has 3 rings (SSSR count). The van der Waals surface area contributed by atoms with Gasteiger partial charge in [0.05, 0.1) is 28.2 Å². The molecule has 1 aromatic heterocycles. The number of hydrogen-bond donors (Lipinski definition) is 3. The van der Waals surface area contributed by atoms with Crippen molar-refractivity contribution in [3.05, 3.63) is 42.2 Å². The Balaban J connectivity index is 1.71. The van der Waals surface area contributed by atoms with Gasteiger partial charge in [-0.05, 0) is 36.8 Å². The van der Waals surface area contributed by atoms with Crippen LogP contribution < -0.4 is 15.8 Å². The molecule has 4 N–H and O–H groups in total. The van der Waals surface area contributed by atoms with Gasteiger partial charge in [-0.1, -0.05) is 0 Å². The molecule has 0 radical (unpaired) electrons. The van der Waals surface area contributed by atoms with Crippen LogP contribution in [0.3, 0.4) is 0 Å². The molecule has 1 fully saturated rings. The number of alkyl halides is 3. The van der Waals surface area contributed by atoms with E-state index in [2.05, 4.69) is 15.0 Å². The summed E-state index contributed by atoms with van der Waals surface area (Å²) in [5, 5.41) is 12.6. The number of benzene rings is 1. The Morgan fingerprint density at radius 1 is 1.31 bits per heavy atom. The van der Waals surface area contributed by atoms with Crippen LogP contribution in [0, 0.1) is 5.92 Å². The molecule has 2 heterocycles. The lowest BCUT2D eigenvalue weighted by Crippen LogP contribution is -2.37. The Labute approximate surface area is 181 Å². The van der Waals surface area contributed by atoms with Crippen molar-refractivity contribution in [1.82, 2.24) is 10.3 Å². The molecule has 0 saturated carbocycles. The van der Waals surface area contributed by atoms with Crippen molar-refractivity contribution in [1.29, 1.82) is 0 Å². The number of anilines is 1. The zero-order valence-corrected chi connectivity index (χ0v) is 17.3. The molecular formula is C19H20F3N3O6S. The first kappa shape index (κ1) is 23.8. The topological polar surface area (TPSA) is 141 Å². The minimum absolute atomic E-state index is 0.0552. The normalized spacial score (nSPS) is 17.7. The number of carbonyl (C=O) groups excluding carboxylic acids is 1. The number of nitrogens with zero attached hydrogens (tertiary/aromatic N) is 1. The summed E-state index contributed by atoms with van der Waals surface area (Å²) in [6, 6.07) is 4.64. The van der Waals surface area contributed by atoms with Gasteiger partial charge in [-0.2, -0.15) is 0 Å². The number of rotatable bonds is 7. The highest BCUT2D eigenvalue weighted by atomic mass is 32.2. The number of nitrogens with two attached hydrogens (primary N) is 1. The Kier molecular flexibility index (Phi) is 6.91. The number of amides is 1. The van der Waals surface area contributed by atoms with Crippen molar-refractivity contribution in [3.63, 3.8) is 0 Å². The first-order valence-electron chi connectivity index (χ1n) is 9.38. The SMILES string of the molecule is Nc1cc(S(=O)(=O)c2ccc(OC(F)(F)F)cc2)cnc1C(=O)NCC(O)C1CCOC1. The van der Waals surface area contributed by atoms with E-state index < -0.39 is 34.0 Å². The van der Waals surface area contributed by atoms with Gasteiger partial charge >= 0.3 is 6.36 Å². The summed E-state index contributed by atoms with van der Waals surface area (Å²) in [4.78, 5) is 15.5. The summed E-state index contributed by atoms with van der Waals surface area (Å²) in [5.41, 5.74) is 5.35. The zero-order valence-electron chi connectivity index (χ0n) is 16.5. The van der Waals surface area contributed by atoms with Crippen LogP contribution in [0.1, 0.15) is 16.9 Å². The maximum absolute atomic E-state index is 12.7. The highest BCUT2D eigenvalue weighted by Gasteiger charge is 2.31. The molecule has 174 valence electrons. The van der Waals surface area contributed by atoms with Crippen molar-refractivity contribution in [3.8, 4) is 5.75 Å². The quantitative estimate of drug-likeness (QED) is 0.548. The first-order chi connectivity index (χ1) is 15.0. The van der Waals surface area contributed by atoms with Crippen LogP contribution >= 0.6 is 0 Å². The van der Waals surface area contributed by atoms with E-state index in [4.69, 9.17) is 10.5 Å². The second-order valence-corrected chi connectivity index (χ2v) is 8.98. The Hall–Kier alpha value is -2.90. The second kappa shape index (κ2) is 9.30. The van der Waals surface area contributed by atoms with Crippen LogP contribution in [0.2, 0.25) is 0 Å². The number of halogens is 3. The van der Waals surface area contributed by atoms with Crippen LogP contribution in [0.5, 0.6) is 5.75 Å². The number of carbonyl (C=O) groups is 1. The molecule has 2 atom stereocenters. The number of aromatic nitrogens is 1. The van der Waals surface area contributed by atoms with Gasteiger partial charge in [0.25, 0.3) is 5.91 Å². The largest absolute Gasteiger partial charge is 0.573 e. The van der Waals surface area contributed by atoms with Crippen molar-refractivity contribution in [2.75, 3.05) is 25.5 Å². The smallest absolute Gasteiger partial charge is 0.406 e. The number of aliphatic hydroxyl groups is 1. The molecule has 13 heteroatoms. The summed E-state index contributed by atoms with van der Waals surface area (Å²) < 4.78 is 71.1. The van der Waals surface area contributed by atoms with E-state index in [1.165, 1.54) is 0 Å².